The summed E-state index contributed by atoms with van der Waals surface area (Å²) in [7, 11) is 1.86. The van der Waals surface area contributed by atoms with E-state index >= 15 is 0 Å². The van der Waals surface area contributed by atoms with E-state index in [4.69, 9.17) is 4.42 Å². The molecule has 1 N–H and O–H groups in total. The van der Waals surface area contributed by atoms with Gasteiger partial charge in [0.25, 0.3) is 5.91 Å². The van der Waals surface area contributed by atoms with Crippen molar-refractivity contribution in [1.29, 1.82) is 0 Å². The molecule has 0 saturated carbocycles. The van der Waals surface area contributed by atoms with E-state index in [1.54, 1.807) is 23.0 Å². The van der Waals surface area contributed by atoms with E-state index in [1.807, 2.05) is 19.2 Å². The Morgan fingerprint density at radius 1 is 1.41 bits per heavy atom. The summed E-state index contributed by atoms with van der Waals surface area (Å²) in [6, 6.07) is 7.85. The van der Waals surface area contributed by atoms with Gasteiger partial charge in [-0.1, -0.05) is 30.0 Å². The monoisotopic (exact) mass is 382 g/mol. The molecule has 0 spiro atoms. The summed E-state index contributed by atoms with van der Waals surface area (Å²) in [5.41, 5.74) is 2.71. The van der Waals surface area contributed by atoms with Crippen LogP contribution in [0.2, 0.25) is 0 Å². The summed E-state index contributed by atoms with van der Waals surface area (Å²) in [6.45, 7) is 0. The lowest BCUT2D eigenvalue weighted by Gasteiger charge is -2.15. The Bertz CT molecular complexity index is 1140. The van der Waals surface area contributed by atoms with Gasteiger partial charge in [0, 0.05) is 8.47 Å². The summed E-state index contributed by atoms with van der Waals surface area (Å²) in [5.74, 6) is -0.547. The first-order chi connectivity index (χ1) is 13.1. The van der Waals surface area contributed by atoms with Crippen LogP contribution in [0.4, 0.5) is 4.39 Å². The molecule has 1 aromatic carbocycles. The Kier molecular flexibility index (Phi) is 3.38. The maximum Gasteiger partial charge on any atom is 0.259 e. The van der Waals surface area contributed by atoms with Crippen molar-refractivity contribution in [2.75, 3.05) is 0 Å². The summed E-state index contributed by atoms with van der Waals surface area (Å²) >= 11 is 1.50. The van der Waals surface area contributed by atoms with Crippen LogP contribution < -0.4 is 5.32 Å². The number of hydrogen-bond donors (Lipinski definition) is 1. The van der Waals surface area contributed by atoms with Gasteiger partial charge in [-0.25, -0.2) is 9.37 Å². The van der Waals surface area contributed by atoms with E-state index in [-0.39, 0.29) is 11.7 Å². The van der Waals surface area contributed by atoms with Gasteiger partial charge in [0.1, 0.15) is 22.5 Å². The highest BCUT2D eigenvalue weighted by molar-refractivity contribution is 8.05. The molecule has 1 aliphatic carbocycles. The molecule has 3 aromatic rings. The SMILES string of the molecule is Cn1nc(-c2ncco2)cc1C12C=C1C=C(NC(=O)c1ccccc1F)S2.[HH]. The van der Waals surface area contributed by atoms with E-state index < -0.39 is 11.7 Å². The molecule has 136 valence electrons. The zero-order chi connectivity index (χ0) is 18.6. The number of fused-ring (bicyclic) bond motifs is 1. The van der Waals surface area contributed by atoms with Crippen LogP contribution in [0.25, 0.3) is 11.6 Å². The minimum atomic E-state index is -0.542. The first-order valence-corrected chi connectivity index (χ1v) is 9.03. The number of benzene rings is 1. The van der Waals surface area contributed by atoms with Crippen LogP contribution in [-0.4, -0.2) is 20.7 Å². The van der Waals surface area contributed by atoms with Crippen LogP contribution in [0.5, 0.6) is 0 Å². The Hall–Kier alpha value is -3.13. The smallest absolute Gasteiger partial charge is 0.259 e. The van der Waals surface area contributed by atoms with Crippen LogP contribution >= 0.6 is 11.8 Å². The number of carbonyl (C=O) groups excluding carboxylic acids is 1. The molecule has 0 fully saturated rings. The molecular formula is C19H15FN4O2S. The lowest BCUT2D eigenvalue weighted by Crippen LogP contribution is -2.22. The van der Waals surface area contributed by atoms with E-state index in [2.05, 4.69) is 21.5 Å². The number of rotatable bonds is 4. The summed E-state index contributed by atoms with van der Waals surface area (Å²) in [6.07, 6.45) is 7.09. The second-order valence-corrected chi connectivity index (χ2v) is 7.54. The predicted octanol–water partition coefficient (Wildman–Crippen LogP) is 3.61. The van der Waals surface area contributed by atoms with Crippen molar-refractivity contribution in [3.8, 4) is 11.6 Å². The molecule has 8 heteroatoms. The third-order valence-electron chi connectivity index (χ3n) is 4.53. The number of oxazole rings is 1. The molecule has 0 saturated heterocycles. The van der Waals surface area contributed by atoms with Crippen molar-refractivity contribution in [3.05, 3.63) is 82.6 Å². The van der Waals surface area contributed by atoms with Crippen molar-refractivity contribution in [2.45, 2.75) is 4.75 Å². The fourth-order valence-electron chi connectivity index (χ4n) is 3.19. The lowest BCUT2D eigenvalue weighted by atomic mass is 10.2. The second-order valence-electron chi connectivity index (χ2n) is 6.26. The van der Waals surface area contributed by atoms with Gasteiger partial charge in [0.2, 0.25) is 5.89 Å². The number of nitrogens with zero attached hydrogens (tertiary/aromatic N) is 3. The highest BCUT2D eigenvalue weighted by atomic mass is 32.2. The first kappa shape index (κ1) is 16.1. The van der Waals surface area contributed by atoms with Crippen molar-refractivity contribution in [1.82, 2.24) is 20.1 Å². The molecule has 5 rings (SSSR count). The van der Waals surface area contributed by atoms with Gasteiger partial charge in [0.15, 0.2) is 0 Å². The van der Waals surface area contributed by atoms with E-state index in [0.717, 1.165) is 11.3 Å². The van der Waals surface area contributed by atoms with E-state index in [9.17, 15) is 9.18 Å². The molecule has 1 unspecified atom stereocenters. The van der Waals surface area contributed by atoms with Crippen molar-refractivity contribution in [3.63, 3.8) is 0 Å². The summed E-state index contributed by atoms with van der Waals surface area (Å²) in [5, 5.41) is 7.94. The molecule has 6 nitrogen and oxygen atoms in total. The molecule has 1 amide bonds. The van der Waals surface area contributed by atoms with Gasteiger partial charge < -0.3 is 9.73 Å². The van der Waals surface area contributed by atoms with Gasteiger partial charge in [0.05, 0.1) is 22.5 Å². The third kappa shape index (κ3) is 2.52. The maximum absolute atomic E-state index is 13.8. The topological polar surface area (TPSA) is 73.0 Å². The standard InChI is InChI=1S/C19H13FN4O2S.H2/c1-24-15(9-14(23-24)18-21-6-7-26-18)19-10-11(19)8-16(27-19)22-17(25)12-4-2-3-5-13(12)20;/h2-10H,1H3,(H,22,25);1H. The Morgan fingerprint density at radius 2 is 2.26 bits per heavy atom. The molecular weight excluding hydrogens is 367 g/mol. The molecule has 0 bridgehead atoms. The molecule has 2 aliphatic rings. The minimum absolute atomic E-state index is 0. The molecule has 1 aliphatic heterocycles. The molecule has 1 atom stereocenters. The predicted molar refractivity (Wildman–Crippen MR) is 100 cm³/mol. The summed E-state index contributed by atoms with van der Waals surface area (Å²) in [4.78, 5) is 16.5. The lowest BCUT2D eigenvalue weighted by molar-refractivity contribution is 0.0965. The highest BCUT2D eigenvalue weighted by Crippen LogP contribution is 2.63. The van der Waals surface area contributed by atoms with Crippen LogP contribution in [0.3, 0.4) is 0 Å². The zero-order valence-electron chi connectivity index (χ0n) is 14.1. The normalized spacial score (nSPS) is 20.1. The van der Waals surface area contributed by atoms with Gasteiger partial charge in [-0.3, -0.25) is 9.48 Å². The largest absolute Gasteiger partial charge is 0.443 e. The van der Waals surface area contributed by atoms with Crippen molar-refractivity contribution in [2.24, 2.45) is 7.05 Å². The number of allylic oxidation sites excluding steroid dienone is 1. The Labute approximate surface area is 159 Å². The van der Waals surface area contributed by atoms with Gasteiger partial charge in [-0.2, -0.15) is 5.10 Å². The number of nitrogens with one attached hydrogen (secondary N) is 1. The maximum atomic E-state index is 13.8. The number of hydrogen-bond acceptors (Lipinski definition) is 5. The fourth-order valence-corrected chi connectivity index (χ4v) is 4.53. The number of halogens is 1. The second kappa shape index (κ2) is 5.68. The third-order valence-corrected chi connectivity index (χ3v) is 5.85. The number of carbonyl (C=O) groups is 1. The van der Waals surface area contributed by atoms with E-state index in [1.165, 1.54) is 30.2 Å². The number of amides is 1. The molecule has 3 heterocycles. The van der Waals surface area contributed by atoms with E-state index in [0.29, 0.717) is 16.6 Å². The van der Waals surface area contributed by atoms with Crippen molar-refractivity contribution < 1.29 is 15.0 Å². The number of aromatic nitrogens is 3. The Balaban J connectivity index is 0.00000192. The highest BCUT2D eigenvalue weighted by Gasteiger charge is 2.52. The van der Waals surface area contributed by atoms with Crippen LogP contribution in [0.15, 0.2) is 70.0 Å². The number of aryl methyl sites for hydroxylation is 1. The van der Waals surface area contributed by atoms with Gasteiger partial charge in [-0.05, 0) is 29.8 Å². The Morgan fingerprint density at radius 3 is 3.04 bits per heavy atom. The van der Waals surface area contributed by atoms with Gasteiger partial charge in [-0.15, -0.1) is 0 Å². The molecule has 0 radical (unpaired) electrons. The van der Waals surface area contributed by atoms with Crippen molar-refractivity contribution >= 4 is 17.7 Å². The van der Waals surface area contributed by atoms with Crippen LogP contribution in [0, 0.1) is 5.82 Å². The average molecular weight is 382 g/mol. The van der Waals surface area contributed by atoms with Crippen LogP contribution in [-0.2, 0) is 11.8 Å². The fraction of sp³-hybridized carbons (Fsp3) is 0.105. The molecule has 2 aromatic heterocycles. The minimum Gasteiger partial charge on any atom is -0.443 e. The number of thioether (sulfide) groups is 1. The zero-order valence-corrected chi connectivity index (χ0v) is 15.0. The summed E-state index contributed by atoms with van der Waals surface area (Å²) < 4.78 is 20.5. The first-order valence-electron chi connectivity index (χ1n) is 8.21. The average Bonchev–Trinajstić information content (AvgIpc) is 3.09. The van der Waals surface area contributed by atoms with Gasteiger partial charge >= 0.3 is 0 Å². The quantitative estimate of drug-likeness (QED) is 0.746. The van der Waals surface area contributed by atoms with Crippen LogP contribution in [0.1, 0.15) is 17.5 Å². The molecule has 27 heavy (non-hydrogen) atoms.